The van der Waals surface area contributed by atoms with Crippen molar-refractivity contribution in [3.05, 3.63) is 0 Å². The molecule has 0 bridgehead atoms. The lowest BCUT2D eigenvalue weighted by Crippen LogP contribution is -2.14. The zero-order valence-corrected chi connectivity index (χ0v) is 15.9. The van der Waals surface area contributed by atoms with Crippen molar-refractivity contribution < 1.29 is 0 Å². The topological polar surface area (TPSA) is 0 Å². The largest absolute Gasteiger partial charge is 0.0654 e. The first kappa shape index (κ1) is 21.0. The molecule has 0 heteroatoms. The highest BCUT2D eigenvalue weighted by Crippen LogP contribution is 2.30. The van der Waals surface area contributed by atoms with Crippen LogP contribution in [0.2, 0.25) is 0 Å². The van der Waals surface area contributed by atoms with Crippen LogP contribution < -0.4 is 0 Å². The van der Waals surface area contributed by atoms with E-state index >= 15 is 0 Å². The first-order valence-corrected chi connectivity index (χ1v) is 10.2. The second-order valence-corrected chi connectivity index (χ2v) is 7.57. The summed E-state index contributed by atoms with van der Waals surface area (Å²) in [6.07, 6.45) is 18.8. The van der Waals surface area contributed by atoms with Crippen molar-refractivity contribution in [1.29, 1.82) is 0 Å². The third-order valence-corrected chi connectivity index (χ3v) is 5.25. The Labute approximate surface area is 136 Å². The Bertz CT molecular complexity index is 194. The molecule has 0 fully saturated rings. The van der Waals surface area contributed by atoms with Crippen LogP contribution in [0.15, 0.2) is 0 Å². The molecular weight excluding hydrogens is 252 g/mol. The van der Waals surface area contributed by atoms with Crippen molar-refractivity contribution in [2.45, 2.75) is 118 Å². The Morgan fingerprint density at radius 1 is 0.524 bits per heavy atom. The van der Waals surface area contributed by atoms with Crippen molar-refractivity contribution in [3.63, 3.8) is 0 Å². The van der Waals surface area contributed by atoms with E-state index in [1.807, 2.05) is 0 Å². The lowest BCUT2D eigenvalue weighted by Gasteiger charge is -2.25. The van der Waals surface area contributed by atoms with Crippen molar-refractivity contribution in [1.82, 2.24) is 0 Å². The van der Waals surface area contributed by atoms with Crippen LogP contribution in [0.25, 0.3) is 0 Å². The van der Waals surface area contributed by atoms with E-state index in [9.17, 15) is 0 Å². The lowest BCUT2D eigenvalue weighted by molar-refractivity contribution is 0.260. The van der Waals surface area contributed by atoms with E-state index < -0.39 is 0 Å². The average molecular weight is 297 g/mol. The second-order valence-electron chi connectivity index (χ2n) is 7.57. The fourth-order valence-corrected chi connectivity index (χ4v) is 3.70. The highest BCUT2D eigenvalue weighted by molar-refractivity contribution is 4.69. The molecule has 2 atom stereocenters. The molecule has 0 aromatic carbocycles. The maximum atomic E-state index is 2.41. The fraction of sp³-hybridized carbons (Fsp3) is 1.00. The van der Waals surface area contributed by atoms with Crippen LogP contribution >= 0.6 is 0 Å². The Kier molecular flexibility index (Phi) is 14.9. The molecule has 128 valence electrons. The highest BCUT2D eigenvalue weighted by atomic mass is 14.2. The summed E-state index contributed by atoms with van der Waals surface area (Å²) in [4.78, 5) is 0. The quantitative estimate of drug-likeness (QED) is 0.268. The summed E-state index contributed by atoms with van der Waals surface area (Å²) in [5, 5.41) is 0. The number of hydrogen-bond acceptors (Lipinski definition) is 0. The zero-order chi connectivity index (χ0) is 15.9. The number of unbranched alkanes of at least 4 members (excludes halogenated alkanes) is 6. The van der Waals surface area contributed by atoms with E-state index in [2.05, 4.69) is 34.6 Å². The Balaban J connectivity index is 3.77. The van der Waals surface area contributed by atoms with Gasteiger partial charge < -0.3 is 0 Å². The molecule has 0 radical (unpaired) electrons. The molecule has 0 aliphatic rings. The summed E-state index contributed by atoms with van der Waals surface area (Å²) in [7, 11) is 0. The van der Waals surface area contributed by atoms with Gasteiger partial charge in [0.1, 0.15) is 0 Å². The van der Waals surface area contributed by atoms with E-state index in [1.54, 1.807) is 0 Å². The normalized spacial score (nSPS) is 14.6. The number of rotatable bonds is 15. The Hall–Kier alpha value is 0. The standard InChI is InChI=1S/C21H44/c1-6-9-10-11-12-13-14-17-20(7-2)21(8-3)18-15-16-19(4)5/h19-21H,6-18H2,1-5H3. The molecule has 0 nitrogen and oxygen atoms in total. The van der Waals surface area contributed by atoms with Gasteiger partial charge in [0, 0.05) is 0 Å². The molecule has 0 aromatic rings. The summed E-state index contributed by atoms with van der Waals surface area (Å²) >= 11 is 0. The van der Waals surface area contributed by atoms with Crippen LogP contribution in [0.3, 0.4) is 0 Å². The molecule has 0 aliphatic carbocycles. The van der Waals surface area contributed by atoms with Crippen molar-refractivity contribution in [2.75, 3.05) is 0 Å². The van der Waals surface area contributed by atoms with Gasteiger partial charge in [-0.1, -0.05) is 118 Å². The molecule has 0 aliphatic heterocycles. The molecular formula is C21H44. The monoisotopic (exact) mass is 296 g/mol. The third kappa shape index (κ3) is 12.2. The highest BCUT2D eigenvalue weighted by Gasteiger charge is 2.17. The molecule has 0 saturated heterocycles. The molecule has 0 spiro atoms. The van der Waals surface area contributed by atoms with Crippen LogP contribution in [0.4, 0.5) is 0 Å². The van der Waals surface area contributed by atoms with Crippen LogP contribution in [-0.4, -0.2) is 0 Å². The van der Waals surface area contributed by atoms with Gasteiger partial charge in [0.15, 0.2) is 0 Å². The molecule has 0 amide bonds. The summed E-state index contributed by atoms with van der Waals surface area (Å²) < 4.78 is 0. The van der Waals surface area contributed by atoms with Crippen molar-refractivity contribution in [3.8, 4) is 0 Å². The van der Waals surface area contributed by atoms with Gasteiger partial charge in [-0.25, -0.2) is 0 Å². The minimum atomic E-state index is 0.880. The van der Waals surface area contributed by atoms with Gasteiger partial charge in [-0.05, 0) is 17.8 Å². The molecule has 0 rings (SSSR count). The van der Waals surface area contributed by atoms with Gasteiger partial charge in [0.05, 0.1) is 0 Å². The average Bonchev–Trinajstić information content (AvgIpc) is 2.47. The lowest BCUT2D eigenvalue weighted by atomic mass is 9.80. The van der Waals surface area contributed by atoms with Crippen molar-refractivity contribution >= 4 is 0 Å². The second kappa shape index (κ2) is 14.9. The van der Waals surface area contributed by atoms with Crippen LogP contribution in [-0.2, 0) is 0 Å². The van der Waals surface area contributed by atoms with Crippen LogP contribution in [0.1, 0.15) is 118 Å². The van der Waals surface area contributed by atoms with E-state index in [1.165, 1.54) is 83.5 Å². The molecule has 2 unspecified atom stereocenters. The predicted molar refractivity (Wildman–Crippen MR) is 98.9 cm³/mol. The maximum absolute atomic E-state index is 2.41. The van der Waals surface area contributed by atoms with Gasteiger partial charge in [-0.2, -0.15) is 0 Å². The smallest absolute Gasteiger partial charge is 0.0389 e. The van der Waals surface area contributed by atoms with Gasteiger partial charge >= 0.3 is 0 Å². The fourth-order valence-electron chi connectivity index (χ4n) is 3.70. The Morgan fingerprint density at radius 3 is 1.48 bits per heavy atom. The van der Waals surface area contributed by atoms with Gasteiger partial charge in [-0.15, -0.1) is 0 Å². The maximum Gasteiger partial charge on any atom is -0.0389 e. The van der Waals surface area contributed by atoms with E-state index in [0.29, 0.717) is 0 Å². The SMILES string of the molecule is CCCCCCCCCC(CC)C(CC)CCCC(C)C. The molecule has 21 heavy (non-hydrogen) atoms. The summed E-state index contributed by atoms with van der Waals surface area (Å²) in [5.41, 5.74) is 0. The van der Waals surface area contributed by atoms with Gasteiger partial charge in [-0.3, -0.25) is 0 Å². The molecule has 0 aromatic heterocycles. The first-order valence-electron chi connectivity index (χ1n) is 10.2. The summed E-state index contributed by atoms with van der Waals surface area (Å²) in [5.74, 6) is 2.87. The molecule has 0 heterocycles. The third-order valence-electron chi connectivity index (χ3n) is 5.25. The van der Waals surface area contributed by atoms with Crippen LogP contribution in [0, 0.1) is 17.8 Å². The predicted octanol–water partition coefficient (Wildman–Crippen LogP) is 8.01. The van der Waals surface area contributed by atoms with Gasteiger partial charge in [0.25, 0.3) is 0 Å². The molecule has 0 saturated carbocycles. The first-order chi connectivity index (χ1) is 10.2. The Morgan fingerprint density at radius 2 is 1.00 bits per heavy atom. The minimum absolute atomic E-state index is 0.880. The zero-order valence-electron chi connectivity index (χ0n) is 15.9. The van der Waals surface area contributed by atoms with E-state index in [4.69, 9.17) is 0 Å². The summed E-state index contributed by atoms with van der Waals surface area (Å²) in [6.45, 7) is 11.8. The van der Waals surface area contributed by atoms with E-state index in [0.717, 1.165) is 17.8 Å². The van der Waals surface area contributed by atoms with Gasteiger partial charge in [0.2, 0.25) is 0 Å². The van der Waals surface area contributed by atoms with Crippen molar-refractivity contribution in [2.24, 2.45) is 17.8 Å². The van der Waals surface area contributed by atoms with Crippen LogP contribution in [0.5, 0.6) is 0 Å². The number of hydrogen-bond donors (Lipinski definition) is 0. The summed E-state index contributed by atoms with van der Waals surface area (Å²) in [6, 6.07) is 0. The van der Waals surface area contributed by atoms with E-state index in [-0.39, 0.29) is 0 Å². The minimum Gasteiger partial charge on any atom is -0.0654 e. The molecule has 0 N–H and O–H groups in total.